The molecule has 0 unspecified atom stereocenters. The van der Waals surface area contributed by atoms with Gasteiger partial charge < -0.3 is 10.6 Å². The van der Waals surface area contributed by atoms with Gasteiger partial charge in [0.1, 0.15) is 0 Å². The maximum atomic E-state index is 11.1. The molecular weight excluding hydrogens is 200 g/mol. The summed E-state index contributed by atoms with van der Waals surface area (Å²) < 4.78 is 0. The van der Waals surface area contributed by atoms with E-state index in [0.717, 1.165) is 32.5 Å². The minimum absolute atomic E-state index is 0.101. The van der Waals surface area contributed by atoms with E-state index in [1.165, 1.54) is 32.1 Å². The molecular formula is C13H26N2O. The van der Waals surface area contributed by atoms with Crippen molar-refractivity contribution >= 4 is 5.91 Å². The van der Waals surface area contributed by atoms with E-state index in [2.05, 4.69) is 11.8 Å². The van der Waals surface area contributed by atoms with Crippen LogP contribution >= 0.6 is 0 Å². The smallest absolute Gasteiger partial charge is 0.221 e. The Morgan fingerprint density at radius 3 is 2.75 bits per heavy atom. The molecule has 0 aromatic heterocycles. The molecule has 1 amide bonds. The monoisotopic (exact) mass is 226 g/mol. The van der Waals surface area contributed by atoms with Crippen LogP contribution in [0.25, 0.3) is 0 Å². The van der Waals surface area contributed by atoms with E-state index in [1.54, 1.807) is 0 Å². The first-order valence-corrected chi connectivity index (χ1v) is 6.75. The topological polar surface area (TPSA) is 46.3 Å². The minimum Gasteiger partial charge on any atom is -0.369 e. The zero-order valence-electron chi connectivity index (χ0n) is 10.6. The van der Waals surface area contributed by atoms with Crippen LogP contribution in [0.1, 0.15) is 51.9 Å². The molecule has 3 heteroatoms. The van der Waals surface area contributed by atoms with Crippen LogP contribution in [0.5, 0.6) is 0 Å². The fraction of sp³-hybridized carbons (Fsp3) is 0.923. The van der Waals surface area contributed by atoms with Gasteiger partial charge in [0, 0.05) is 6.54 Å². The van der Waals surface area contributed by atoms with Gasteiger partial charge in [-0.1, -0.05) is 32.6 Å². The summed E-state index contributed by atoms with van der Waals surface area (Å²) in [6, 6.07) is 0. The van der Waals surface area contributed by atoms with E-state index in [9.17, 15) is 4.79 Å². The van der Waals surface area contributed by atoms with Crippen molar-refractivity contribution in [1.82, 2.24) is 4.90 Å². The number of unbranched alkanes of at least 4 members (excludes halogenated alkanes) is 4. The van der Waals surface area contributed by atoms with Crippen LogP contribution in [0, 0.1) is 5.92 Å². The Morgan fingerprint density at radius 1 is 1.31 bits per heavy atom. The van der Waals surface area contributed by atoms with E-state index < -0.39 is 0 Å². The predicted octanol–water partition coefficient (Wildman–Crippen LogP) is 2.15. The maximum Gasteiger partial charge on any atom is 0.221 e. The third-order valence-corrected chi connectivity index (χ3v) is 3.49. The Labute approximate surface area is 99.4 Å². The van der Waals surface area contributed by atoms with Gasteiger partial charge in [0.25, 0.3) is 0 Å². The molecule has 1 aliphatic heterocycles. The molecule has 0 aromatic carbocycles. The van der Waals surface area contributed by atoms with Gasteiger partial charge in [0.05, 0.1) is 5.92 Å². The Morgan fingerprint density at radius 2 is 2.06 bits per heavy atom. The van der Waals surface area contributed by atoms with Crippen LogP contribution in [0.3, 0.4) is 0 Å². The van der Waals surface area contributed by atoms with Crippen LogP contribution in [0.15, 0.2) is 0 Å². The molecule has 0 bridgehead atoms. The van der Waals surface area contributed by atoms with Crippen molar-refractivity contribution in [2.75, 3.05) is 19.6 Å². The number of primary amides is 1. The van der Waals surface area contributed by atoms with Crippen molar-refractivity contribution < 1.29 is 4.79 Å². The third kappa shape index (κ3) is 4.97. The highest BCUT2D eigenvalue weighted by atomic mass is 16.1. The highest BCUT2D eigenvalue weighted by Gasteiger charge is 2.23. The highest BCUT2D eigenvalue weighted by Crippen LogP contribution is 2.16. The van der Waals surface area contributed by atoms with Crippen molar-refractivity contribution in [3.8, 4) is 0 Å². The van der Waals surface area contributed by atoms with E-state index in [-0.39, 0.29) is 11.8 Å². The number of piperidine rings is 1. The zero-order chi connectivity index (χ0) is 11.8. The molecule has 16 heavy (non-hydrogen) atoms. The Balaban J connectivity index is 2.10. The van der Waals surface area contributed by atoms with Gasteiger partial charge in [-0.2, -0.15) is 0 Å². The Kier molecular flexibility index (Phi) is 6.46. The lowest BCUT2D eigenvalue weighted by Crippen LogP contribution is -2.41. The number of rotatable bonds is 7. The SMILES string of the molecule is CCCCCCCN1CCC[C@@H](C(N)=O)C1. The molecule has 3 nitrogen and oxygen atoms in total. The Hall–Kier alpha value is -0.570. The van der Waals surface area contributed by atoms with Gasteiger partial charge in [-0.15, -0.1) is 0 Å². The quantitative estimate of drug-likeness (QED) is 0.676. The molecule has 0 aliphatic carbocycles. The molecule has 0 aromatic rings. The fourth-order valence-electron chi connectivity index (χ4n) is 2.43. The van der Waals surface area contributed by atoms with Crippen molar-refractivity contribution in [3.63, 3.8) is 0 Å². The lowest BCUT2D eigenvalue weighted by Gasteiger charge is -2.31. The van der Waals surface area contributed by atoms with Gasteiger partial charge in [-0.25, -0.2) is 0 Å². The largest absolute Gasteiger partial charge is 0.369 e. The number of amides is 1. The molecule has 0 saturated carbocycles. The second-order valence-electron chi connectivity index (χ2n) is 4.96. The fourth-order valence-corrected chi connectivity index (χ4v) is 2.43. The van der Waals surface area contributed by atoms with Gasteiger partial charge in [-0.3, -0.25) is 4.79 Å². The predicted molar refractivity (Wildman–Crippen MR) is 67.1 cm³/mol. The molecule has 1 heterocycles. The van der Waals surface area contributed by atoms with Crippen molar-refractivity contribution in [2.45, 2.75) is 51.9 Å². The molecule has 1 aliphatic rings. The first kappa shape index (κ1) is 13.5. The summed E-state index contributed by atoms with van der Waals surface area (Å²) in [5.41, 5.74) is 5.36. The Bertz CT molecular complexity index is 206. The van der Waals surface area contributed by atoms with Crippen molar-refractivity contribution in [3.05, 3.63) is 0 Å². The van der Waals surface area contributed by atoms with E-state index in [4.69, 9.17) is 5.73 Å². The summed E-state index contributed by atoms with van der Waals surface area (Å²) in [5, 5.41) is 0. The van der Waals surface area contributed by atoms with Gasteiger partial charge in [0.15, 0.2) is 0 Å². The number of hydrogen-bond acceptors (Lipinski definition) is 2. The molecule has 1 atom stereocenters. The number of carbonyl (C=O) groups excluding carboxylic acids is 1. The van der Waals surface area contributed by atoms with E-state index >= 15 is 0 Å². The van der Waals surface area contributed by atoms with Gasteiger partial charge in [0.2, 0.25) is 5.91 Å². The second kappa shape index (κ2) is 7.66. The summed E-state index contributed by atoms with van der Waals surface area (Å²) >= 11 is 0. The summed E-state index contributed by atoms with van der Waals surface area (Å²) in [5.74, 6) is -0.0138. The molecule has 94 valence electrons. The van der Waals surface area contributed by atoms with Crippen LogP contribution < -0.4 is 5.73 Å². The van der Waals surface area contributed by atoms with Gasteiger partial charge >= 0.3 is 0 Å². The van der Waals surface area contributed by atoms with Crippen LogP contribution in [-0.4, -0.2) is 30.4 Å². The summed E-state index contributed by atoms with van der Waals surface area (Å²) in [6.45, 7) is 5.43. The average Bonchev–Trinajstić information content (AvgIpc) is 2.29. The van der Waals surface area contributed by atoms with Crippen LogP contribution in [0.4, 0.5) is 0 Å². The second-order valence-corrected chi connectivity index (χ2v) is 4.96. The minimum atomic E-state index is -0.115. The molecule has 1 fully saturated rings. The first-order valence-electron chi connectivity index (χ1n) is 6.75. The zero-order valence-corrected chi connectivity index (χ0v) is 10.6. The molecule has 2 N–H and O–H groups in total. The van der Waals surface area contributed by atoms with Gasteiger partial charge in [-0.05, 0) is 32.4 Å². The lowest BCUT2D eigenvalue weighted by molar-refractivity contribution is -0.123. The van der Waals surface area contributed by atoms with Crippen LogP contribution in [-0.2, 0) is 4.79 Å². The van der Waals surface area contributed by atoms with Crippen LogP contribution in [0.2, 0.25) is 0 Å². The normalized spacial score (nSPS) is 22.2. The lowest BCUT2D eigenvalue weighted by atomic mass is 9.97. The third-order valence-electron chi connectivity index (χ3n) is 3.49. The maximum absolute atomic E-state index is 11.1. The first-order chi connectivity index (χ1) is 7.74. The summed E-state index contributed by atoms with van der Waals surface area (Å²) in [7, 11) is 0. The number of carbonyl (C=O) groups is 1. The van der Waals surface area contributed by atoms with E-state index in [0.29, 0.717) is 0 Å². The molecule has 0 radical (unpaired) electrons. The number of nitrogens with two attached hydrogens (primary N) is 1. The summed E-state index contributed by atoms with van der Waals surface area (Å²) in [4.78, 5) is 13.5. The number of nitrogens with zero attached hydrogens (tertiary/aromatic N) is 1. The average molecular weight is 226 g/mol. The summed E-state index contributed by atoms with van der Waals surface area (Å²) in [6.07, 6.45) is 8.71. The number of likely N-dealkylation sites (tertiary alicyclic amines) is 1. The molecule has 1 saturated heterocycles. The van der Waals surface area contributed by atoms with Crippen molar-refractivity contribution in [1.29, 1.82) is 0 Å². The molecule has 0 spiro atoms. The highest BCUT2D eigenvalue weighted by molar-refractivity contribution is 5.76. The standard InChI is InChI=1S/C13H26N2O/c1-2-3-4-5-6-9-15-10-7-8-12(11-15)13(14)16/h12H,2-11H2,1H3,(H2,14,16)/t12-/m1/s1. The number of hydrogen-bond donors (Lipinski definition) is 1. The van der Waals surface area contributed by atoms with E-state index in [1.807, 2.05) is 0 Å². The van der Waals surface area contributed by atoms with Crippen molar-refractivity contribution in [2.24, 2.45) is 11.7 Å². The molecule has 1 rings (SSSR count).